The molecule has 0 fully saturated rings. The Morgan fingerprint density at radius 2 is 2.36 bits per heavy atom. The molecule has 3 heteroatoms. The molecule has 0 spiro atoms. The van der Waals surface area contributed by atoms with Crippen LogP contribution in [0.4, 0.5) is 0 Å². The monoisotopic (exact) mass is 154 g/mol. The SMILES string of the molecule is CCCCC(C#N)N(C)C=O. The van der Waals surface area contributed by atoms with Gasteiger partial charge in [-0.2, -0.15) is 5.26 Å². The van der Waals surface area contributed by atoms with Crippen LogP contribution in [0, 0.1) is 11.3 Å². The fraction of sp³-hybridized carbons (Fsp3) is 0.750. The number of hydrogen-bond acceptors (Lipinski definition) is 2. The number of hydrogen-bond donors (Lipinski definition) is 0. The lowest BCUT2D eigenvalue weighted by Crippen LogP contribution is -2.28. The van der Waals surface area contributed by atoms with Crippen LogP contribution in [0.15, 0.2) is 0 Å². The van der Waals surface area contributed by atoms with Gasteiger partial charge in [0, 0.05) is 7.05 Å². The first-order valence-corrected chi connectivity index (χ1v) is 3.83. The molecule has 1 amide bonds. The van der Waals surface area contributed by atoms with Crippen molar-refractivity contribution in [2.75, 3.05) is 7.05 Å². The quantitative estimate of drug-likeness (QED) is 0.558. The third kappa shape index (κ3) is 3.61. The third-order valence-corrected chi connectivity index (χ3v) is 1.64. The summed E-state index contributed by atoms with van der Waals surface area (Å²) in [7, 11) is 1.64. The largest absolute Gasteiger partial charge is 0.332 e. The molecule has 0 heterocycles. The van der Waals surface area contributed by atoms with E-state index in [1.165, 1.54) is 4.90 Å². The van der Waals surface area contributed by atoms with E-state index in [1.54, 1.807) is 7.05 Å². The van der Waals surface area contributed by atoms with Gasteiger partial charge < -0.3 is 4.90 Å². The first-order chi connectivity index (χ1) is 5.26. The van der Waals surface area contributed by atoms with E-state index in [1.807, 2.05) is 0 Å². The Morgan fingerprint density at radius 3 is 2.73 bits per heavy atom. The van der Waals surface area contributed by atoms with Gasteiger partial charge in [-0.25, -0.2) is 0 Å². The number of carbonyl (C=O) groups excluding carboxylic acids is 1. The van der Waals surface area contributed by atoms with Crippen molar-refractivity contribution in [3.05, 3.63) is 0 Å². The van der Waals surface area contributed by atoms with Crippen LogP contribution in [0.5, 0.6) is 0 Å². The van der Waals surface area contributed by atoms with Gasteiger partial charge in [0.05, 0.1) is 6.07 Å². The average Bonchev–Trinajstić information content (AvgIpc) is 2.05. The van der Waals surface area contributed by atoms with Gasteiger partial charge in [-0.05, 0) is 6.42 Å². The van der Waals surface area contributed by atoms with Crippen molar-refractivity contribution in [3.63, 3.8) is 0 Å². The molecule has 0 bridgehead atoms. The second kappa shape index (κ2) is 5.72. The van der Waals surface area contributed by atoms with Gasteiger partial charge in [0.25, 0.3) is 0 Å². The highest BCUT2D eigenvalue weighted by atomic mass is 16.1. The van der Waals surface area contributed by atoms with E-state index in [4.69, 9.17) is 5.26 Å². The maximum atomic E-state index is 10.2. The molecule has 0 aliphatic rings. The number of nitrogens with zero attached hydrogens (tertiary/aromatic N) is 2. The predicted octanol–water partition coefficient (Wildman–Crippen LogP) is 1.16. The maximum Gasteiger partial charge on any atom is 0.210 e. The van der Waals surface area contributed by atoms with Crippen molar-refractivity contribution in [1.82, 2.24) is 4.90 Å². The third-order valence-electron chi connectivity index (χ3n) is 1.64. The molecule has 3 nitrogen and oxygen atoms in total. The molecule has 0 saturated carbocycles. The second-order valence-electron chi connectivity index (χ2n) is 2.56. The van der Waals surface area contributed by atoms with Crippen LogP contribution in [0.1, 0.15) is 26.2 Å². The smallest absolute Gasteiger partial charge is 0.210 e. The lowest BCUT2D eigenvalue weighted by Gasteiger charge is -2.16. The van der Waals surface area contributed by atoms with E-state index in [-0.39, 0.29) is 6.04 Å². The molecule has 0 aliphatic heterocycles. The Hall–Kier alpha value is -1.04. The van der Waals surface area contributed by atoms with E-state index < -0.39 is 0 Å². The topological polar surface area (TPSA) is 44.1 Å². The Bertz CT molecular complexity index is 151. The highest BCUT2D eigenvalue weighted by molar-refractivity contribution is 5.47. The summed E-state index contributed by atoms with van der Waals surface area (Å²) in [4.78, 5) is 11.7. The Labute approximate surface area is 67.6 Å². The summed E-state index contributed by atoms with van der Waals surface area (Å²) in [6, 6.07) is 1.84. The molecule has 1 unspecified atom stereocenters. The molecule has 0 N–H and O–H groups in total. The maximum absolute atomic E-state index is 10.2. The van der Waals surface area contributed by atoms with Crippen LogP contribution in [0.3, 0.4) is 0 Å². The number of rotatable bonds is 5. The lowest BCUT2D eigenvalue weighted by molar-refractivity contribution is -0.118. The van der Waals surface area contributed by atoms with Gasteiger partial charge >= 0.3 is 0 Å². The molecular formula is C8H14N2O. The van der Waals surface area contributed by atoms with Gasteiger partial charge in [-0.3, -0.25) is 4.79 Å². The molecule has 1 atom stereocenters. The zero-order chi connectivity index (χ0) is 8.69. The zero-order valence-corrected chi connectivity index (χ0v) is 7.08. The molecule has 0 rings (SSSR count). The first-order valence-electron chi connectivity index (χ1n) is 3.83. The van der Waals surface area contributed by atoms with E-state index in [0.717, 1.165) is 19.3 Å². The van der Waals surface area contributed by atoms with Crippen LogP contribution in [0.25, 0.3) is 0 Å². The summed E-state index contributed by atoms with van der Waals surface area (Å²) in [6.07, 6.45) is 3.53. The van der Waals surface area contributed by atoms with Gasteiger partial charge in [-0.1, -0.05) is 19.8 Å². The Kier molecular flexibility index (Phi) is 5.18. The minimum absolute atomic E-state index is 0.243. The molecule has 0 saturated heterocycles. The fourth-order valence-corrected chi connectivity index (χ4v) is 0.830. The molecule has 0 aromatic heterocycles. The number of amides is 1. The van der Waals surface area contributed by atoms with E-state index in [2.05, 4.69) is 13.0 Å². The van der Waals surface area contributed by atoms with Crippen LogP contribution >= 0.6 is 0 Å². The van der Waals surface area contributed by atoms with Gasteiger partial charge in [0.1, 0.15) is 6.04 Å². The van der Waals surface area contributed by atoms with Crippen molar-refractivity contribution in [1.29, 1.82) is 5.26 Å². The Morgan fingerprint density at radius 1 is 1.73 bits per heavy atom. The fourth-order valence-electron chi connectivity index (χ4n) is 0.830. The van der Waals surface area contributed by atoms with E-state index in [9.17, 15) is 4.79 Å². The van der Waals surface area contributed by atoms with Gasteiger partial charge in [-0.15, -0.1) is 0 Å². The zero-order valence-electron chi connectivity index (χ0n) is 7.08. The average molecular weight is 154 g/mol. The summed E-state index contributed by atoms with van der Waals surface area (Å²) in [5.74, 6) is 0. The lowest BCUT2D eigenvalue weighted by atomic mass is 10.1. The van der Waals surface area contributed by atoms with E-state index in [0.29, 0.717) is 6.41 Å². The summed E-state index contributed by atoms with van der Waals surface area (Å²) in [5.41, 5.74) is 0. The number of nitriles is 1. The second-order valence-corrected chi connectivity index (χ2v) is 2.56. The van der Waals surface area contributed by atoms with Crippen LogP contribution < -0.4 is 0 Å². The van der Waals surface area contributed by atoms with Crippen molar-refractivity contribution < 1.29 is 4.79 Å². The molecule has 0 radical (unpaired) electrons. The van der Waals surface area contributed by atoms with E-state index >= 15 is 0 Å². The highest BCUT2D eigenvalue weighted by Gasteiger charge is 2.09. The van der Waals surface area contributed by atoms with Crippen molar-refractivity contribution in [2.45, 2.75) is 32.2 Å². The molecule has 0 aliphatic carbocycles. The van der Waals surface area contributed by atoms with Gasteiger partial charge in [0.15, 0.2) is 0 Å². The summed E-state index contributed by atoms with van der Waals surface area (Å²) in [5, 5.41) is 8.60. The summed E-state index contributed by atoms with van der Waals surface area (Å²) in [6.45, 7) is 2.06. The van der Waals surface area contributed by atoms with Crippen LogP contribution in [-0.4, -0.2) is 24.4 Å². The summed E-state index contributed by atoms with van der Waals surface area (Å²) >= 11 is 0. The van der Waals surface area contributed by atoms with Crippen LogP contribution in [0.2, 0.25) is 0 Å². The van der Waals surface area contributed by atoms with Crippen molar-refractivity contribution >= 4 is 6.41 Å². The first kappa shape index (κ1) is 9.96. The highest BCUT2D eigenvalue weighted by Crippen LogP contribution is 2.03. The normalized spacial score (nSPS) is 11.7. The van der Waals surface area contributed by atoms with Crippen molar-refractivity contribution in [3.8, 4) is 6.07 Å². The predicted molar refractivity (Wildman–Crippen MR) is 42.8 cm³/mol. The molecule has 0 aromatic rings. The molecular weight excluding hydrogens is 140 g/mol. The molecule has 11 heavy (non-hydrogen) atoms. The molecule has 0 aromatic carbocycles. The Balaban J connectivity index is 3.77. The molecule has 62 valence electrons. The number of carbonyl (C=O) groups is 1. The number of unbranched alkanes of at least 4 members (excludes halogenated alkanes) is 1. The standard InChI is InChI=1S/C8H14N2O/c1-3-4-5-8(6-9)10(2)7-11/h7-8H,3-5H2,1-2H3. The minimum atomic E-state index is -0.243. The minimum Gasteiger partial charge on any atom is -0.332 e. The van der Waals surface area contributed by atoms with Crippen molar-refractivity contribution in [2.24, 2.45) is 0 Å². The van der Waals surface area contributed by atoms with Crippen LogP contribution in [-0.2, 0) is 4.79 Å². The van der Waals surface area contributed by atoms with Gasteiger partial charge in [0.2, 0.25) is 6.41 Å². The summed E-state index contributed by atoms with van der Waals surface area (Å²) < 4.78 is 0.